The molecule has 1 aromatic carbocycles. The third kappa shape index (κ3) is 5.00. The molecule has 25 heavy (non-hydrogen) atoms. The van der Waals surface area contributed by atoms with E-state index in [2.05, 4.69) is 15.6 Å². The van der Waals surface area contributed by atoms with Gasteiger partial charge in [-0.2, -0.15) is 0 Å². The van der Waals surface area contributed by atoms with Crippen LogP contribution in [0.15, 0.2) is 42.7 Å². The summed E-state index contributed by atoms with van der Waals surface area (Å²) >= 11 is 5.90. The minimum Gasteiger partial charge on any atom is -0.350 e. The first kappa shape index (κ1) is 18.9. The Balaban J connectivity index is 2.07. The van der Waals surface area contributed by atoms with Gasteiger partial charge in [0.15, 0.2) is 0 Å². The van der Waals surface area contributed by atoms with Crippen LogP contribution < -0.4 is 10.6 Å². The van der Waals surface area contributed by atoms with Crippen LogP contribution in [0.1, 0.15) is 29.8 Å². The topological polar surface area (TPSA) is 71.1 Å². The van der Waals surface area contributed by atoms with Gasteiger partial charge in [0.05, 0.1) is 10.6 Å². The highest BCUT2D eigenvalue weighted by Gasteiger charge is 2.26. The molecule has 0 bridgehead atoms. The maximum Gasteiger partial charge on any atom is 0.256 e. The van der Waals surface area contributed by atoms with Crippen molar-refractivity contribution in [2.75, 3.05) is 0 Å². The summed E-state index contributed by atoms with van der Waals surface area (Å²) < 4.78 is 13.9. The van der Waals surface area contributed by atoms with Crippen LogP contribution in [0.4, 0.5) is 4.39 Å². The van der Waals surface area contributed by atoms with Gasteiger partial charge in [0.1, 0.15) is 11.9 Å². The number of rotatable bonds is 6. The molecule has 5 nitrogen and oxygen atoms in total. The molecule has 0 aliphatic heterocycles. The van der Waals surface area contributed by atoms with Crippen LogP contribution in [0.5, 0.6) is 0 Å². The maximum atomic E-state index is 13.9. The lowest BCUT2D eigenvalue weighted by molar-refractivity contribution is -0.124. The SMILES string of the molecule is CC(C)[C@@H](NC(=O)c1c(F)cccc1Cl)C(=O)NCc1cccnc1. The summed E-state index contributed by atoms with van der Waals surface area (Å²) in [5, 5.41) is 5.30. The molecule has 2 amide bonds. The Hall–Kier alpha value is -2.47. The highest BCUT2D eigenvalue weighted by atomic mass is 35.5. The molecule has 2 N–H and O–H groups in total. The van der Waals surface area contributed by atoms with Crippen LogP contribution in [0.25, 0.3) is 0 Å². The molecule has 2 rings (SSSR count). The van der Waals surface area contributed by atoms with Crippen LogP contribution in [-0.4, -0.2) is 22.8 Å². The monoisotopic (exact) mass is 363 g/mol. The average Bonchev–Trinajstić information content (AvgIpc) is 2.58. The van der Waals surface area contributed by atoms with Gasteiger partial charge in [-0.3, -0.25) is 14.6 Å². The largest absolute Gasteiger partial charge is 0.350 e. The molecule has 1 atom stereocenters. The number of pyridine rings is 1. The first-order chi connectivity index (χ1) is 11.9. The van der Waals surface area contributed by atoms with Gasteiger partial charge in [0.2, 0.25) is 5.91 Å². The van der Waals surface area contributed by atoms with Crippen molar-refractivity contribution >= 4 is 23.4 Å². The van der Waals surface area contributed by atoms with E-state index in [4.69, 9.17) is 11.6 Å². The Bertz CT molecular complexity index is 733. The molecule has 1 aromatic heterocycles. The second-order valence-electron chi connectivity index (χ2n) is 5.87. The molecule has 0 saturated heterocycles. The van der Waals surface area contributed by atoms with Crippen molar-refractivity contribution in [3.63, 3.8) is 0 Å². The van der Waals surface area contributed by atoms with Crippen molar-refractivity contribution < 1.29 is 14.0 Å². The lowest BCUT2D eigenvalue weighted by Gasteiger charge is -2.22. The van der Waals surface area contributed by atoms with Gasteiger partial charge in [-0.1, -0.05) is 37.6 Å². The quantitative estimate of drug-likeness (QED) is 0.829. The molecule has 7 heteroatoms. The fraction of sp³-hybridized carbons (Fsp3) is 0.278. The van der Waals surface area contributed by atoms with Crippen LogP contribution in [0.3, 0.4) is 0 Å². The second kappa shape index (κ2) is 8.58. The van der Waals surface area contributed by atoms with Gasteiger partial charge in [-0.25, -0.2) is 4.39 Å². The fourth-order valence-electron chi connectivity index (χ4n) is 2.26. The Morgan fingerprint density at radius 2 is 2.00 bits per heavy atom. The smallest absolute Gasteiger partial charge is 0.256 e. The second-order valence-corrected chi connectivity index (χ2v) is 6.28. The molecule has 0 aliphatic rings. The van der Waals surface area contributed by atoms with Crippen LogP contribution >= 0.6 is 11.6 Å². The zero-order valence-corrected chi connectivity index (χ0v) is 14.7. The Kier molecular flexibility index (Phi) is 6.47. The third-order valence-corrected chi connectivity index (χ3v) is 3.93. The molecule has 1 heterocycles. The molecule has 2 aromatic rings. The molecule has 0 radical (unpaired) electrons. The minimum atomic E-state index is -0.820. The summed E-state index contributed by atoms with van der Waals surface area (Å²) in [5.74, 6) is -2.01. The van der Waals surface area contributed by atoms with Gasteiger partial charge in [-0.05, 0) is 29.7 Å². The van der Waals surface area contributed by atoms with E-state index in [0.29, 0.717) is 0 Å². The van der Waals surface area contributed by atoms with Gasteiger partial charge in [-0.15, -0.1) is 0 Å². The van der Waals surface area contributed by atoms with E-state index in [1.165, 1.54) is 12.1 Å². The van der Waals surface area contributed by atoms with Crippen LogP contribution in [0.2, 0.25) is 5.02 Å². The number of halogens is 2. The number of aromatic nitrogens is 1. The van der Waals surface area contributed by atoms with E-state index in [1.807, 2.05) is 6.07 Å². The predicted molar refractivity (Wildman–Crippen MR) is 93.6 cm³/mol. The molecule has 0 fully saturated rings. The van der Waals surface area contributed by atoms with Crippen molar-refractivity contribution in [3.05, 3.63) is 64.7 Å². The molecule has 0 saturated carbocycles. The van der Waals surface area contributed by atoms with Gasteiger partial charge in [0, 0.05) is 18.9 Å². The standard InChI is InChI=1S/C18H19ClFN3O2/c1-11(2)16(18(25)22-10-12-5-4-8-21-9-12)23-17(24)15-13(19)6-3-7-14(15)20/h3-9,11,16H,10H2,1-2H3,(H,22,25)(H,23,24)/t16-/m1/s1. The van der Waals surface area contributed by atoms with E-state index < -0.39 is 17.8 Å². The molecule has 132 valence electrons. The Morgan fingerprint density at radius 3 is 2.60 bits per heavy atom. The van der Waals surface area contributed by atoms with Crippen LogP contribution in [-0.2, 0) is 11.3 Å². The first-order valence-corrected chi connectivity index (χ1v) is 8.19. The summed E-state index contributed by atoms with van der Waals surface area (Å²) in [5.41, 5.74) is 0.566. The minimum absolute atomic E-state index is 0.00391. The van der Waals surface area contributed by atoms with Crippen molar-refractivity contribution in [2.24, 2.45) is 5.92 Å². The fourth-order valence-corrected chi connectivity index (χ4v) is 2.51. The Morgan fingerprint density at radius 1 is 1.24 bits per heavy atom. The van der Waals surface area contributed by atoms with Crippen LogP contribution in [0, 0.1) is 11.7 Å². The zero-order valence-electron chi connectivity index (χ0n) is 13.9. The number of carbonyl (C=O) groups excluding carboxylic acids is 2. The summed E-state index contributed by atoms with van der Waals surface area (Å²) in [6.07, 6.45) is 3.28. The predicted octanol–water partition coefficient (Wildman–Crippen LogP) is 2.94. The lowest BCUT2D eigenvalue weighted by atomic mass is 10.0. The highest BCUT2D eigenvalue weighted by Crippen LogP contribution is 2.19. The summed E-state index contributed by atoms with van der Waals surface area (Å²) in [6.45, 7) is 3.86. The molecule has 0 unspecified atom stereocenters. The van der Waals surface area contributed by atoms with Crippen molar-refractivity contribution in [1.82, 2.24) is 15.6 Å². The average molecular weight is 364 g/mol. The van der Waals surface area contributed by atoms with Gasteiger partial charge < -0.3 is 10.6 Å². The highest BCUT2D eigenvalue weighted by molar-refractivity contribution is 6.33. The zero-order chi connectivity index (χ0) is 18.4. The molecule has 0 aliphatic carbocycles. The summed E-state index contributed by atoms with van der Waals surface area (Å²) in [6, 6.07) is 6.76. The van der Waals surface area contributed by atoms with Crippen molar-refractivity contribution in [2.45, 2.75) is 26.4 Å². The van der Waals surface area contributed by atoms with E-state index in [9.17, 15) is 14.0 Å². The number of hydrogen-bond acceptors (Lipinski definition) is 3. The number of benzene rings is 1. The first-order valence-electron chi connectivity index (χ1n) is 7.81. The van der Waals surface area contributed by atoms with Gasteiger partial charge >= 0.3 is 0 Å². The van der Waals surface area contributed by atoms with E-state index in [1.54, 1.807) is 32.3 Å². The number of hydrogen-bond donors (Lipinski definition) is 2. The number of amides is 2. The number of nitrogens with zero attached hydrogens (tertiary/aromatic N) is 1. The van der Waals surface area contributed by atoms with Crippen molar-refractivity contribution in [3.8, 4) is 0 Å². The molecular weight excluding hydrogens is 345 g/mol. The van der Waals surface area contributed by atoms with Gasteiger partial charge in [0.25, 0.3) is 5.91 Å². The number of nitrogens with one attached hydrogen (secondary N) is 2. The normalized spacial score (nSPS) is 11.9. The maximum absolute atomic E-state index is 13.9. The van der Waals surface area contributed by atoms with E-state index in [-0.39, 0.29) is 29.0 Å². The molecular formula is C18H19ClFN3O2. The molecule has 0 spiro atoms. The lowest BCUT2D eigenvalue weighted by Crippen LogP contribution is -2.49. The number of carbonyl (C=O) groups is 2. The third-order valence-electron chi connectivity index (χ3n) is 3.62. The van der Waals surface area contributed by atoms with Crippen molar-refractivity contribution in [1.29, 1.82) is 0 Å². The van der Waals surface area contributed by atoms with E-state index >= 15 is 0 Å². The summed E-state index contributed by atoms with van der Waals surface area (Å²) in [7, 11) is 0. The summed E-state index contributed by atoms with van der Waals surface area (Å²) in [4.78, 5) is 28.7. The van der Waals surface area contributed by atoms with E-state index in [0.717, 1.165) is 11.6 Å². The Labute approximate surface area is 150 Å².